The van der Waals surface area contributed by atoms with Gasteiger partial charge in [-0.2, -0.15) is 0 Å². The molecule has 0 radical (unpaired) electrons. The quantitative estimate of drug-likeness (QED) is 0.634. The molecule has 160 valence electrons. The number of amides is 2. The minimum atomic E-state index is -0.425. The highest BCUT2D eigenvalue weighted by molar-refractivity contribution is 6.04. The van der Waals surface area contributed by atoms with Gasteiger partial charge < -0.3 is 15.0 Å². The van der Waals surface area contributed by atoms with Gasteiger partial charge in [-0.25, -0.2) is 0 Å². The van der Waals surface area contributed by atoms with Gasteiger partial charge in [0, 0.05) is 30.8 Å². The number of aromatic nitrogens is 3. The van der Waals surface area contributed by atoms with Gasteiger partial charge in [0.05, 0.1) is 24.9 Å². The lowest BCUT2D eigenvalue weighted by atomic mass is 10.1. The predicted molar refractivity (Wildman–Crippen MR) is 118 cm³/mol. The number of anilines is 2. The topological polar surface area (TPSA) is 89.4 Å². The second-order valence-corrected chi connectivity index (χ2v) is 7.51. The standard InChI is InChI=1S/C23H25N5O3/c1-3-12-27-15-19(25-26-27)16-8-10-18(11-9-16)24-23(30)17-13-22(29)28(14-17)20-6-4-5-7-21(20)31-2/h4-11,15,17H,3,12-14H2,1-2H3,(H,24,30). The van der Waals surface area contributed by atoms with Crippen LogP contribution in [0, 0.1) is 5.92 Å². The number of ether oxygens (including phenoxy) is 1. The Morgan fingerprint density at radius 3 is 2.71 bits per heavy atom. The highest BCUT2D eigenvalue weighted by Crippen LogP contribution is 2.33. The van der Waals surface area contributed by atoms with E-state index in [0.717, 1.165) is 24.2 Å². The molecule has 1 saturated heterocycles. The van der Waals surface area contributed by atoms with Crippen molar-refractivity contribution in [2.24, 2.45) is 5.92 Å². The van der Waals surface area contributed by atoms with E-state index in [9.17, 15) is 9.59 Å². The molecule has 0 aliphatic carbocycles. The third-order valence-electron chi connectivity index (χ3n) is 5.31. The van der Waals surface area contributed by atoms with Gasteiger partial charge in [0.2, 0.25) is 11.8 Å². The van der Waals surface area contributed by atoms with Gasteiger partial charge in [0.15, 0.2) is 0 Å². The van der Waals surface area contributed by atoms with E-state index in [2.05, 4.69) is 22.6 Å². The molecule has 3 aromatic rings. The Bertz CT molecular complexity index is 1080. The number of hydrogen-bond donors (Lipinski definition) is 1. The van der Waals surface area contributed by atoms with E-state index < -0.39 is 5.92 Å². The van der Waals surface area contributed by atoms with Crippen LogP contribution in [0.5, 0.6) is 5.75 Å². The molecule has 1 aromatic heterocycles. The van der Waals surface area contributed by atoms with Gasteiger partial charge in [-0.3, -0.25) is 14.3 Å². The van der Waals surface area contributed by atoms with Crippen molar-refractivity contribution in [1.82, 2.24) is 15.0 Å². The van der Waals surface area contributed by atoms with Gasteiger partial charge in [0.1, 0.15) is 11.4 Å². The second-order valence-electron chi connectivity index (χ2n) is 7.51. The predicted octanol–water partition coefficient (Wildman–Crippen LogP) is 3.36. The van der Waals surface area contributed by atoms with Crippen LogP contribution in [-0.2, 0) is 16.1 Å². The lowest BCUT2D eigenvalue weighted by Gasteiger charge is -2.19. The molecule has 2 heterocycles. The molecule has 0 bridgehead atoms. The van der Waals surface area contributed by atoms with E-state index in [1.54, 1.807) is 18.1 Å². The van der Waals surface area contributed by atoms with Gasteiger partial charge >= 0.3 is 0 Å². The summed E-state index contributed by atoms with van der Waals surface area (Å²) in [4.78, 5) is 26.9. The zero-order chi connectivity index (χ0) is 21.8. The summed E-state index contributed by atoms with van der Waals surface area (Å²) in [6, 6.07) is 14.8. The average Bonchev–Trinajstić information content (AvgIpc) is 3.41. The van der Waals surface area contributed by atoms with Gasteiger partial charge in [-0.05, 0) is 30.7 Å². The molecule has 4 rings (SSSR count). The number of hydrogen-bond acceptors (Lipinski definition) is 5. The molecule has 1 aliphatic rings. The number of nitrogens with one attached hydrogen (secondary N) is 1. The molecule has 1 unspecified atom stereocenters. The average molecular weight is 419 g/mol. The molecule has 0 saturated carbocycles. The number of aryl methyl sites for hydroxylation is 1. The van der Waals surface area contributed by atoms with Crippen molar-refractivity contribution in [2.45, 2.75) is 26.3 Å². The molecular formula is C23H25N5O3. The monoisotopic (exact) mass is 419 g/mol. The lowest BCUT2D eigenvalue weighted by molar-refractivity contribution is -0.122. The molecule has 1 N–H and O–H groups in total. The molecule has 8 nitrogen and oxygen atoms in total. The van der Waals surface area contributed by atoms with Gasteiger partial charge in [0.25, 0.3) is 0 Å². The Labute approximate surface area is 180 Å². The molecule has 0 spiro atoms. The SMILES string of the molecule is CCCn1cc(-c2ccc(NC(=O)C3CC(=O)N(c4ccccc4OC)C3)cc2)nn1. The van der Waals surface area contributed by atoms with E-state index >= 15 is 0 Å². The Morgan fingerprint density at radius 2 is 1.97 bits per heavy atom. The first-order valence-electron chi connectivity index (χ1n) is 10.3. The van der Waals surface area contributed by atoms with Crippen LogP contribution < -0.4 is 15.0 Å². The Morgan fingerprint density at radius 1 is 1.19 bits per heavy atom. The summed E-state index contributed by atoms with van der Waals surface area (Å²) in [5, 5.41) is 11.2. The van der Waals surface area contributed by atoms with Crippen molar-refractivity contribution in [3.05, 3.63) is 54.7 Å². The summed E-state index contributed by atoms with van der Waals surface area (Å²) in [5.74, 6) is -0.0723. The summed E-state index contributed by atoms with van der Waals surface area (Å²) in [6.45, 7) is 3.24. The highest BCUT2D eigenvalue weighted by atomic mass is 16.5. The fourth-order valence-corrected chi connectivity index (χ4v) is 3.71. The van der Waals surface area contributed by atoms with Crippen molar-refractivity contribution >= 4 is 23.2 Å². The Balaban J connectivity index is 1.41. The fourth-order valence-electron chi connectivity index (χ4n) is 3.71. The third-order valence-corrected chi connectivity index (χ3v) is 5.31. The first-order valence-corrected chi connectivity index (χ1v) is 10.3. The first-order chi connectivity index (χ1) is 15.1. The minimum absolute atomic E-state index is 0.0878. The minimum Gasteiger partial charge on any atom is -0.495 e. The summed E-state index contributed by atoms with van der Waals surface area (Å²) in [6.07, 6.45) is 3.07. The van der Waals surface area contributed by atoms with Gasteiger partial charge in [-0.1, -0.05) is 36.4 Å². The normalized spacial score (nSPS) is 15.9. The van der Waals surface area contributed by atoms with E-state index in [4.69, 9.17) is 4.74 Å². The molecular weight excluding hydrogens is 394 g/mol. The number of rotatable bonds is 7. The smallest absolute Gasteiger partial charge is 0.229 e. The maximum absolute atomic E-state index is 12.8. The van der Waals surface area contributed by atoms with Crippen molar-refractivity contribution in [1.29, 1.82) is 0 Å². The number of benzene rings is 2. The zero-order valence-electron chi connectivity index (χ0n) is 17.6. The van der Waals surface area contributed by atoms with Crippen LogP contribution in [0.2, 0.25) is 0 Å². The van der Waals surface area contributed by atoms with Crippen LogP contribution in [0.25, 0.3) is 11.3 Å². The number of nitrogens with zero attached hydrogens (tertiary/aromatic N) is 4. The van der Waals surface area contributed by atoms with E-state index in [1.165, 1.54) is 0 Å². The number of para-hydroxylation sites is 2. The highest BCUT2D eigenvalue weighted by Gasteiger charge is 2.36. The number of carbonyl (C=O) groups excluding carboxylic acids is 2. The summed E-state index contributed by atoms with van der Waals surface area (Å²) < 4.78 is 7.17. The van der Waals surface area contributed by atoms with Gasteiger partial charge in [-0.15, -0.1) is 5.10 Å². The summed E-state index contributed by atoms with van der Waals surface area (Å²) in [7, 11) is 1.57. The molecule has 1 atom stereocenters. The molecule has 2 amide bonds. The molecule has 31 heavy (non-hydrogen) atoms. The van der Waals surface area contributed by atoms with Crippen molar-refractivity contribution in [2.75, 3.05) is 23.9 Å². The third kappa shape index (κ3) is 4.42. The number of carbonyl (C=O) groups is 2. The zero-order valence-corrected chi connectivity index (χ0v) is 17.6. The van der Waals surface area contributed by atoms with Crippen LogP contribution in [0.4, 0.5) is 11.4 Å². The van der Waals surface area contributed by atoms with Crippen LogP contribution in [0.1, 0.15) is 19.8 Å². The molecule has 1 fully saturated rings. The molecule has 8 heteroatoms. The largest absolute Gasteiger partial charge is 0.495 e. The maximum Gasteiger partial charge on any atom is 0.229 e. The maximum atomic E-state index is 12.8. The summed E-state index contributed by atoms with van der Waals surface area (Å²) >= 11 is 0. The van der Waals surface area contributed by atoms with Crippen molar-refractivity contribution in [3.63, 3.8) is 0 Å². The summed E-state index contributed by atoms with van der Waals surface area (Å²) in [5.41, 5.74) is 3.09. The molecule has 2 aromatic carbocycles. The lowest BCUT2D eigenvalue weighted by Crippen LogP contribution is -2.28. The van der Waals surface area contributed by atoms with Crippen molar-refractivity contribution in [3.8, 4) is 17.0 Å². The van der Waals surface area contributed by atoms with Crippen LogP contribution in [0.15, 0.2) is 54.7 Å². The fraction of sp³-hybridized carbons (Fsp3) is 0.304. The van der Waals surface area contributed by atoms with Crippen LogP contribution in [-0.4, -0.2) is 40.5 Å². The molecule has 1 aliphatic heterocycles. The van der Waals surface area contributed by atoms with Crippen LogP contribution in [0.3, 0.4) is 0 Å². The Kier molecular flexibility index (Phi) is 5.97. The second kappa shape index (κ2) is 8.99. The number of methoxy groups -OCH3 is 1. The Hall–Kier alpha value is -3.68. The van der Waals surface area contributed by atoms with Crippen molar-refractivity contribution < 1.29 is 14.3 Å². The van der Waals surface area contributed by atoms with E-state index in [-0.39, 0.29) is 18.2 Å². The van der Waals surface area contributed by atoms with Crippen LogP contribution >= 0.6 is 0 Å². The van der Waals surface area contributed by atoms with E-state index in [1.807, 2.05) is 53.3 Å². The first kappa shape index (κ1) is 20.6. The van der Waals surface area contributed by atoms with E-state index in [0.29, 0.717) is 23.7 Å².